The van der Waals surface area contributed by atoms with E-state index in [4.69, 9.17) is 11.0 Å². The molecule has 2 rings (SSSR count). The fourth-order valence-electron chi connectivity index (χ4n) is 1.62. The van der Waals surface area contributed by atoms with Crippen LogP contribution in [0.25, 0.3) is 0 Å². The second kappa shape index (κ2) is 5.07. The van der Waals surface area contributed by atoms with Crippen LogP contribution in [0.5, 0.6) is 0 Å². The number of rotatable bonds is 3. The van der Waals surface area contributed by atoms with Crippen molar-refractivity contribution in [3.63, 3.8) is 0 Å². The molecule has 0 radical (unpaired) electrons. The minimum atomic E-state index is 0.0694. The van der Waals surface area contributed by atoms with Crippen molar-refractivity contribution in [2.45, 2.75) is 19.9 Å². The number of nitrogens with two attached hydrogens (primary N) is 1. The molecule has 0 aliphatic carbocycles. The molecule has 1 unspecified atom stereocenters. The number of benzene rings is 1. The predicted octanol–water partition coefficient (Wildman–Crippen LogP) is 3.08. The van der Waals surface area contributed by atoms with Crippen molar-refractivity contribution in [2.75, 3.05) is 11.1 Å². The minimum Gasteiger partial charge on any atom is -0.397 e. The summed E-state index contributed by atoms with van der Waals surface area (Å²) in [4.78, 5) is 4.43. The van der Waals surface area contributed by atoms with Gasteiger partial charge in [0, 0.05) is 11.1 Å². The van der Waals surface area contributed by atoms with E-state index in [2.05, 4.69) is 16.4 Å². The van der Waals surface area contributed by atoms with Gasteiger partial charge in [-0.05, 0) is 32.0 Å². The molecule has 18 heavy (non-hydrogen) atoms. The fraction of sp³-hybridized carbons (Fsp3) is 0.231. The molecule has 3 N–H and O–H groups in total. The van der Waals surface area contributed by atoms with Crippen LogP contribution >= 0.6 is 11.3 Å². The Bertz CT molecular complexity index is 597. The van der Waals surface area contributed by atoms with Crippen LogP contribution in [-0.2, 0) is 0 Å². The first-order chi connectivity index (χ1) is 8.60. The van der Waals surface area contributed by atoms with Gasteiger partial charge in [0.15, 0.2) is 0 Å². The van der Waals surface area contributed by atoms with Crippen molar-refractivity contribution >= 4 is 22.7 Å². The number of anilines is 2. The number of hydrogen-bond acceptors (Lipinski definition) is 5. The van der Waals surface area contributed by atoms with Crippen LogP contribution in [0.3, 0.4) is 0 Å². The summed E-state index contributed by atoms with van der Waals surface area (Å²) < 4.78 is 0. The summed E-state index contributed by atoms with van der Waals surface area (Å²) in [5, 5.41) is 15.2. The Morgan fingerprint density at radius 2 is 2.28 bits per heavy atom. The quantitative estimate of drug-likeness (QED) is 0.830. The smallest absolute Gasteiger partial charge is 0.115 e. The van der Waals surface area contributed by atoms with E-state index >= 15 is 0 Å². The summed E-state index contributed by atoms with van der Waals surface area (Å²) in [6.07, 6.45) is 0. The van der Waals surface area contributed by atoms with E-state index in [-0.39, 0.29) is 6.04 Å². The summed E-state index contributed by atoms with van der Waals surface area (Å²) in [5.74, 6) is 0. The van der Waals surface area contributed by atoms with Gasteiger partial charge in [-0.25, -0.2) is 4.98 Å². The lowest BCUT2D eigenvalue weighted by Gasteiger charge is -2.14. The lowest BCUT2D eigenvalue weighted by atomic mass is 10.1. The van der Waals surface area contributed by atoms with E-state index in [1.807, 2.05) is 19.2 Å². The van der Waals surface area contributed by atoms with Gasteiger partial charge in [-0.2, -0.15) is 5.26 Å². The van der Waals surface area contributed by atoms with Gasteiger partial charge >= 0.3 is 0 Å². The van der Waals surface area contributed by atoms with Crippen LogP contribution in [0.15, 0.2) is 23.6 Å². The summed E-state index contributed by atoms with van der Waals surface area (Å²) in [7, 11) is 0. The third-order valence-corrected chi connectivity index (χ3v) is 3.71. The van der Waals surface area contributed by atoms with Gasteiger partial charge in [0.1, 0.15) is 5.01 Å². The predicted molar refractivity (Wildman–Crippen MR) is 74.5 cm³/mol. The molecule has 92 valence electrons. The number of nitrogen functional groups attached to an aromatic ring is 1. The van der Waals surface area contributed by atoms with Crippen LogP contribution in [0.1, 0.15) is 29.2 Å². The standard InChI is InChI=1S/C13H14N4S/c1-8-7-18-13(16-8)9(2)17-12-5-10(6-14)3-4-11(12)15/h3-5,7,9,17H,15H2,1-2H3. The van der Waals surface area contributed by atoms with Crippen LogP contribution in [0.2, 0.25) is 0 Å². The zero-order chi connectivity index (χ0) is 13.1. The number of aryl methyl sites for hydroxylation is 1. The Labute approximate surface area is 110 Å². The number of nitrogens with one attached hydrogen (secondary N) is 1. The largest absolute Gasteiger partial charge is 0.397 e. The molecule has 1 atom stereocenters. The molecule has 4 nitrogen and oxygen atoms in total. The van der Waals surface area contributed by atoms with Crippen LogP contribution in [0, 0.1) is 18.3 Å². The highest BCUT2D eigenvalue weighted by Crippen LogP contribution is 2.26. The maximum atomic E-state index is 8.88. The maximum Gasteiger partial charge on any atom is 0.115 e. The monoisotopic (exact) mass is 258 g/mol. The molecule has 2 aromatic rings. The Kier molecular flexibility index (Phi) is 3.49. The zero-order valence-electron chi connectivity index (χ0n) is 10.3. The molecule has 5 heteroatoms. The summed E-state index contributed by atoms with van der Waals surface area (Å²) >= 11 is 1.61. The van der Waals surface area contributed by atoms with Crippen LogP contribution in [0.4, 0.5) is 11.4 Å². The van der Waals surface area contributed by atoms with Crippen molar-refractivity contribution in [3.05, 3.63) is 39.8 Å². The molecular formula is C13H14N4S. The lowest BCUT2D eigenvalue weighted by molar-refractivity contribution is 0.864. The fourth-order valence-corrected chi connectivity index (χ4v) is 2.42. The van der Waals surface area contributed by atoms with Gasteiger partial charge in [-0.3, -0.25) is 0 Å². The Morgan fingerprint density at radius 1 is 1.50 bits per heavy atom. The van der Waals surface area contributed by atoms with Gasteiger partial charge in [-0.15, -0.1) is 11.3 Å². The average Bonchev–Trinajstić information content (AvgIpc) is 2.79. The van der Waals surface area contributed by atoms with Crippen molar-refractivity contribution < 1.29 is 0 Å². The van der Waals surface area contributed by atoms with E-state index in [9.17, 15) is 0 Å². The lowest BCUT2D eigenvalue weighted by Crippen LogP contribution is -2.08. The molecule has 0 amide bonds. The molecule has 1 heterocycles. The van der Waals surface area contributed by atoms with E-state index < -0.39 is 0 Å². The van der Waals surface area contributed by atoms with Crippen LogP contribution < -0.4 is 11.1 Å². The molecule has 0 bridgehead atoms. The molecule has 0 fully saturated rings. The molecule has 0 saturated heterocycles. The first kappa shape index (κ1) is 12.4. The average molecular weight is 258 g/mol. The van der Waals surface area contributed by atoms with Gasteiger partial charge in [0.25, 0.3) is 0 Å². The molecule has 1 aromatic heterocycles. The first-order valence-corrected chi connectivity index (χ1v) is 6.46. The third-order valence-electron chi connectivity index (χ3n) is 2.56. The van der Waals surface area contributed by atoms with Crippen molar-refractivity contribution in [1.29, 1.82) is 5.26 Å². The van der Waals surface area contributed by atoms with E-state index in [0.29, 0.717) is 11.3 Å². The number of hydrogen-bond donors (Lipinski definition) is 2. The topological polar surface area (TPSA) is 74.7 Å². The normalized spacial score (nSPS) is 11.8. The van der Waals surface area contributed by atoms with Gasteiger partial charge in [0.2, 0.25) is 0 Å². The van der Waals surface area contributed by atoms with Crippen molar-refractivity contribution in [3.8, 4) is 6.07 Å². The second-order valence-corrected chi connectivity index (χ2v) is 5.00. The van der Waals surface area contributed by atoms with Gasteiger partial charge in [-0.1, -0.05) is 0 Å². The summed E-state index contributed by atoms with van der Waals surface area (Å²) in [6.45, 7) is 3.99. The summed E-state index contributed by atoms with van der Waals surface area (Å²) in [5.41, 5.74) is 8.90. The SMILES string of the molecule is Cc1csc(C(C)Nc2cc(C#N)ccc2N)n1. The van der Waals surface area contributed by atoms with E-state index in [1.54, 1.807) is 29.5 Å². The summed E-state index contributed by atoms with van der Waals surface area (Å²) in [6, 6.07) is 7.37. The maximum absolute atomic E-state index is 8.88. The highest BCUT2D eigenvalue weighted by atomic mass is 32.1. The Morgan fingerprint density at radius 3 is 2.89 bits per heavy atom. The Balaban J connectivity index is 2.21. The molecular weight excluding hydrogens is 244 g/mol. The second-order valence-electron chi connectivity index (χ2n) is 4.11. The van der Waals surface area contributed by atoms with E-state index in [1.165, 1.54) is 0 Å². The van der Waals surface area contributed by atoms with E-state index in [0.717, 1.165) is 16.4 Å². The first-order valence-electron chi connectivity index (χ1n) is 5.58. The van der Waals surface area contributed by atoms with Gasteiger partial charge < -0.3 is 11.1 Å². The third kappa shape index (κ3) is 2.60. The highest BCUT2D eigenvalue weighted by molar-refractivity contribution is 7.09. The molecule has 0 aliphatic rings. The highest BCUT2D eigenvalue weighted by Gasteiger charge is 2.11. The number of nitrogens with zero attached hydrogens (tertiary/aromatic N) is 2. The molecule has 0 spiro atoms. The minimum absolute atomic E-state index is 0.0694. The van der Waals surface area contributed by atoms with Crippen molar-refractivity contribution in [2.24, 2.45) is 0 Å². The zero-order valence-corrected chi connectivity index (χ0v) is 11.1. The molecule has 1 aromatic carbocycles. The number of aromatic nitrogens is 1. The molecule has 0 aliphatic heterocycles. The van der Waals surface area contributed by atoms with Gasteiger partial charge in [0.05, 0.1) is 29.0 Å². The van der Waals surface area contributed by atoms with Crippen molar-refractivity contribution in [1.82, 2.24) is 4.98 Å². The number of nitriles is 1. The molecule has 0 saturated carbocycles. The number of thiazole rings is 1. The Hall–Kier alpha value is -2.06. The van der Waals surface area contributed by atoms with Crippen LogP contribution in [-0.4, -0.2) is 4.98 Å².